The van der Waals surface area contributed by atoms with Gasteiger partial charge in [-0.1, -0.05) is 77.8 Å². The smallest absolute Gasteiger partial charge is 0.287 e. The van der Waals surface area contributed by atoms with Gasteiger partial charge in [0.05, 0.1) is 33.5 Å². The van der Waals surface area contributed by atoms with E-state index in [0.29, 0.717) is 56.0 Å². The zero-order valence-electron chi connectivity index (χ0n) is 27.5. The molecule has 0 aliphatic rings. The van der Waals surface area contributed by atoms with E-state index in [0.717, 1.165) is 27.8 Å². The van der Waals surface area contributed by atoms with Crippen molar-refractivity contribution in [1.29, 1.82) is 0 Å². The molecule has 4 aromatic heterocycles. The maximum Gasteiger partial charge on any atom is 0.287 e. The van der Waals surface area contributed by atoms with Crippen LogP contribution in [0.15, 0.2) is 113 Å². The lowest BCUT2D eigenvalue weighted by molar-refractivity contribution is 0.0979. The fraction of sp³-hybridized carbons (Fsp3) is 0.135. The molecule has 0 radical (unpaired) electrons. The molecule has 0 bridgehead atoms. The van der Waals surface area contributed by atoms with E-state index in [1.165, 1.54) is 29.5 Å². The van der Waals surface area contributed by atoms with Crippen molar-refractivity contribution in [3.63, 3.8) is 0 Å². The number of nitrogens with one attached hydrogen (secondary N) is 2. The lowest BCUT2D eigenvalue weighted by atomic mass is 10.2. The quantitative estimate of drug-likeness (QED) is 0.139. The van der Waals surface area contributed by atoms with E-state index < -0.39 is 5.56 Å². The van der Waals surface area contributed by atoms with Crippen molar-refractivity contribution in [2.75, 3.05) is 10.6 Å². The highest BCUT2D eigenvalue weighted by atomic mass is 35.5. The Kier molecular flexibility index (Phi) is 10.7. The van der Waals surface area contributed by atoms with Crippen LogP contribution in [0.5, 0.6) is 0 Å². The zero-order valence-corrected chi connectivity index (χ0v) is 29.1. The van der Waals surface area contributed by atoms with Gasteiger partial charge in [0.1, 0.15) is 19.3 Å². The first kappa shape index (κ1) is 34.9. The number of benzene rings is 3. The third kappa shape index (κ3) is 8.26. The molecule has 7 rings (SSSR count). The Morgan fingerprint density at radius 2 is 1.14 bits per heavy atom. The van der Waals surface area contributed by atoms with Crippen LogP contribution in [-0.2, 0) is 19.7 Å². The third-order valence-electron chi connectivity index (χ3n) is 7.91. The second kappa shape index (κ2) is 15.7. The zero-order chi connectivity index (χ0) is 35.9. The standard InChI is InChI=1S/C22H19ClN4O2.C15H13ClN4O2/c1-15-21-19(24-12-16-7-9-18(23)10-8-16)11-20(28)27(22(21)26-14-25-15)29-13-17-5-3-2-4-6-17;1-9-14-12(17-7-10-2-4-11(16)5-3-10)6-13(21)20(22)15(14)19-8-18-9/h2-11,14,24H,12-13H2,1H3;2-6,8,17,22H,7H2,1H3. The Bertz CT molecular complexity index is 2420. The maximum absolute atomic E-state index is 12.8. The molecule has 3 N–H and O–H groups in total. The van der Waals surface area contributed by atoms with E-state index in [2.05, 4.69) is 30.6 Å². The molecule has 4 heterocycles. The molecule has 258 valence electrons. The fourth-order valence-corrected chi connectivity index (χ4v) is 5.56. The van der Waals surface area contributed by atoms with Crippen LogP contribution in [0.25, 0.3) is 22.1 Å². The number of fused-ring (bicyclic) bond motifs is 2. The van der Waals surface area contributed by atoms with E-state index in [-0.39, 0.29) is 17.8 Å². The van der Waals surface area contributed by atoms with E-state index in [4.69, 9.17) is 28.0 Å². The van der Waals surface area contributed by atoms with Crippen LogP contribution >= 0.6 is 23.2 Å². The van der Waals surface area contributed by atoms with Crippen molar-refractivity contribution < 1.29 is 10.0 Å². The number of rotatable bonds is 9. The van der Waals surface area contributed by atoms with Crippen LogP contribution in [0.1, 0.15) is 28.1 Å². The molecule has 0 saturated carbocycles. The van der Waals surface area contributed by atoms with Gasteiger partial charge in [-0.25, -0.2) is 19.9 Å². The van der Waals surface area contributed by atoms with Gasteiger partial charge in [-0.2, -0.15) is 0 Å². The molecular weight excluding hydrogens is 691 g/mol. The summed E-state index contributed by atoms with van der Waals surface area (Å²) in [6.45, 7) is 4.98. The van der Waals surface area contributed by atoms with Gasteiger partial charge in [-0.05, 0) is 54.8 Å². The van der Waals surface area contributed by atoms with Gasteiger partial charge in [0, 0.05) is 35.3 Å². The molecule has 0 aliphatic carbocycles. The Labute approximate surface area is 301 Å². The first-order valence-corrected chi connectivity index (χ1v) is 16.5. The molecule has 12 nitrogen and oxygen atoms in total. The van der Waals surface area contributed by atoms with Gasteiger partial charge >= 0.3 is 0 Å². The SMILES string of the molecule is Cc1ncnc2c1c(NCc1ccc(Cl)cc1)cc(=O)n2O.Cc1ncnc2c1c(NCc1ccc(Cl)cc1)cc(=O)n2OCc1ccccc1. The van der Waals surface area contributed by atoms with E-state index in [9.17, 15) is 14.8 Å². The predicted octanol–water partition coefficient (Wildman–Crippen LogP) is 6.60. The Morgan fingerprint density at radius 1 is 0.647 bits per heavy atom. The lowest BCUT2D eigenvalue weighted by Crippen LogP contribution is -2.28. The van der Waals surface area contributed by atoms with Crippen LogP contribution in [0.2, 0.25) is 10.0 Å². The van der Waals surface area contributed by atoms with Crippen molar-refractivity contribution in [3.05, 3.63) is 162 Å². The first-order chi connectivity index (χ1) is 24.7. The second-order valence-electron chi connectivity index (χ2n) is 11.4. The normalized spacial score (nSPS) is 10.8. The lowest BCUT2D eigenvalue weighted by Gasteiger charge is -2.15. The summed E-state index contributed by atoms with van der Waals surface area (Å²) < 4.78 is 1.75. The number of pyridine rings is 2. The average Bonchev–Trinajstić information content (AvgIpc) is 3.13. The van der Waals surface area contributed by atoms with Gasteiger partial charge < -0.3 is 20.7 Å². The largest absolute Gasteiger partial charge is 0.423 e. The summed E-state index contributed by atoms with van der Waals surface area (Å²) in [5, 5.41) is 19.0. The summed E-state index contributed by atoms with van der Waals surface area (Å²) >= 11 is 11.8. The molecule has 0 amide bonds. The number of aromatic nitrogens is 6. The van der Waals surface area contributed by atoms with Gasteiger partial charge in [-0.3, -0.25) is 9.59 Å². The summed E-state index contributed by atoms with van der Waals surface area (Å²) in [6.07, 6.45) is 2.75. The second-order valence-corrected chi connectivity index (χ2v) is 12.3. The number of anilines is 2. The van der Waals surface area contributed by atoms with Crippen LogP contribution in [0, 0.1) is 13.8 Å². The highest BCUT2D eigenvalue weighted by Crippen LogP contribution is 2.24. The molecule has 0 spiro atoms. The van der Waals surface area contributed by atoms with Gasteiger partial charge in [-0.15, -0.1) is 9.46 Å². The number of aryl methyl sites for hydroxylation is 2. The minimum atomic E-state index is -0.552. The number of nitrogens with zero attached hydrogens (tertiary/aromatic N) is 6. The van der Waals surface area contributed by atoms with Crippen LogP contribution in [-0.4, -0.2) is 34.6 Å². The summed E-state index contributed by atoms with van der Waals surface area (Å²) in [6, 6.07) is 27.4. The minimum Gasteiger partial charge on any atom is -0.423 e. The monoisotopic (exact) mass is 722 g/mol. The molecule has 3 aromatic carbocycles. The highest BCUT2D eigenvalue weighted by molar-refractivity contribution is 6.30. The highest BCUT2D eigenvalue weighted by Gasteiger charge is 2.15. The minimum absolute atomic E-state index is 0.179. The van der Waals surface area contributed by atoms with Crippen molar-refractivity contribution in [1.82, 2.24) is 29.4 Å². The Hall–Kier alpha value is -5.98. The average molecular weight is 724 g/mol. The summed E-state index contributed by atoms with van der Waals surface area (Å²) in [4.78, 5) is 47.1. The molecule has 14 heteroatoms. The fourth-order valence-electron chi connectivity index (χ4n) is 5.30. The van der Waals surface area contributed by atoms with Crippen LogP contribution in [0.3, 0.4) is 0 Å². The molecule has 7 aromatic rings. The summed E-state index contributed by atoms with van der Waals surface area (Å²) in [5.41, 5.74) is 5.45. The topological polar surface area (TPSA) is 149 Å². The maximum atomic E-state index is 12.8. The third-order valence-corrected chi connectivity index (χ3v) is 8.41. The molecule has 0 unspecified atom stereocenters. The molecule has 0 atom stereocenters. The predicted molar refractivity (Wildman–Crippen MR) is 199 cm³/mol. The van der Waals surface area contributed by atoms with E-state index in [1.807, 2.05) is 73.7 Å². The Balaban J connectivity index is 0.000000183. The molecule has 0 fully saturated rings. The molecular formula is C37H32Cl2N8O4. The van der Waals surface area contributed by atoms with Gasteiger partial charge in [0.2, 0.25) is 0 Å². The Morgan fingerprint density at radius 3 is 1.69 bits per heavy atom. The van der Waals surface area contributed by atoms with Crippen molar-refractivity contribution in [3.8, 4) is 0 Å². The summed E-state index contributed by atoms with van der Waals surface area (Å²) in [5.74, 6) is 0. The van der Waals surface area contributed by atoms with Crippen molar-refractivity contribution in [2.45, 2.75) is 33.5 Å². The number of hydrogen-bond donors (Lipinski definition) is 3. The van der Waals surface area contributed by atoms with Gasteiger partial charge in [0.15, 0.2) is 11.3 Å². The van der Waals surface area contributed by atoms with Crippen molar-refractivity contribution in [2.24, 2.45) is 0 Å². The summed E-state index contributed by atoms with van der Waals surface area (Å²) in [7, 11) is 0. The number of hydrogen-bond acceptors (Lipinski definition) is 10. The molecule has 0 saturated heterocycles. The van der Waals surface area contributed by atoms with Gasteiger partial charge in [0.25, 0.3) is 11.1 Å². The van der Waals surface area contributed by atoms with Crippen LogP contribution < -0.4 is 26.6 Å². The number of halogens is 2. The first-order valence-electron chi connectivity index (χ1n) is 15.8. The molecule has 0 aliphatic heterocycles. The van der Waals surface area contributed by atoms with Crippen LogP contribution in [0.4, 0.5) is 11.4 Å². The van der Waals surface area contributed by atoms with E-state index in [1.54, 1.807) is 19.1 Å². The van der Waals surface area contributed by atoms with Crippen molar-refractivity contribution >= 4 is 56.6 Å². The van der Waals surface area contributed by atoms with E-state index >= 15 is 0 Å². The molecule has 51 heavy (non-hydrogen) atoms.